The summed E-state index contributed by atoms with van der Waals surface area (Å²) in [4.78, 5) is 0. The molecule has 0 N–H and O–H groups in total. The monoisotopic (exact) mass is 862 g/mol. The molecule has 2 aliphatic rings. The van der Waals surface area contributed by atoms with Crippen LogP contribution in [0.4, 0.5) is 0 Å². The first-order valence-corrected chi connectivity index (χ1v) is 24.2. The lowest BCUT2D eigenvalue weighted by molar-refractivity contribution is 0.626. The lowest BCUT2D eigenvalue weighted by atomic mass is 9.83. The topological polar surface area (TPSA) is 0 Å². The number of benzene rings is 12. The van der Waals surface area contributed by atoms with Gasteiger partial charge in [-0.05, 0) is 169 Å². The number of fused-ring (bicyclic) bond motifs is 10. The van der Waals surface area contributed by atoms with Crippen LogP contribution in [-0.2, 0) is 0 Å². The Morgan fingerprint density at radius 2 is 0.441 bits per heavy atom. The summed E-state index contributed by atoms with van der Waals surface area (Å²) in [5, 5.41) is 10.3. The second-order valence-corrected chi connectivity index (χ2v) is 19.0. The minimum absolute atomic E-state index is 0.222. The van der Waals surface area contributed by atoms with Gasteiger partial charge in [0.2, 0.25) is 0 Å². The second-order valence-electron chi connectivity index (χ2n) is 19.0. The Balaban J connectivity index is 0.929. The molecule has 0 nitrogen and oxygen atoms in total. The summed E-state index contributed by atoms with van der Waals surface area (Å²) in [6.07, 6.45) is 2.02. The molecule has 0 heterocycles. The maximum atomic E-state index is 2.53. The Kier molecular flexibility index (Phi) is 8.95. The van der Waals surface area contributed by atoms with Crippen LogP contribution in [0.3, 0.4) is 0 Å². The third-order valence-corrected chi connectivity index (χ3v) is 15.4. The van der Waals surface area contributed by atoms with Crippen LogP contribution >= 0.6 is 0 Å². The highest BCUT2D eigenvalue weighted by Crippen LogP contribution is 2.54. The van der Waals surface area contributed by atoms with Crippen molar-refractivity contribution in [1.82, 2.24) is 0 Å². The van der Waals surface area contributed by atoms with Crippen molar-refractivity contribution in [3.63, 3.8) is 0 Å². The van der Waals surface area contributed by atoms with Crippen molar-refractivity contribution < 1.29 is 0 Å². The minimum Gasteiger partial charge on any atom is -0.0616 e. The van der Waals surface area contributed by atoms with Crippen molar-refractivity contribution >= 4 is 43.1 Å². The molecule has 318 valence electrons. The highest BCUT2D eigenvalue weighted by Gasteiger charge is 2.34. The normalized spacial score (nSPS) is 13.0. The van der Waals surface area contributed by atoms with Gasteiger partial charge in [-0.25, -0.2) is 0 Å². The molecule has 0 aliphatic heterocycles. The van der Waals surface area contributed by atoms with Gasteiger partial charge in [0.15, 0.2) is 0 Å². The van der Waals surface area contributed by atoms with Crippen LogP contribution in [0.2, 0.25) is 0 Å². The van der Waals surface area contributed by atoms with E-state index in [1.54, 1.807) is 0 Å². The van der Waals surface area contributed by atoms with Gasteiger partial charge in [-0.3, -0.25) is 0 Å². The summed E-state index contributed by atoms with van der Waals surface area (Å²) < 4.78 is 0. The molecule has 12 aromatic rings. The first kappa shape index (κ1) is 38.9. The first-order valence-electron chi connectivity index (χ1n) is 24.2. The van der Waals surface area contributed by atoms with Crippen molar-refractivity contribution in [2.75, 3.05) is 0 Å². The number of hydrogen-bond acceptors (Lipinski definition) is 0. The zero-order valence-electron chi connectivity index (χ0n) is 37.7. The van der Waals surface area contributed by atoms with E-state index in [2.05, 4.69) is 243 Å². The van der Waals surface area contributed by atoms with E-state index in [0.29, 0.717) is 0 Å². The standard InChI is InChI=1S/C68H46/c1-5-21-51-43(13-1)17-9-25-55(51)47-29-33-59-60-34-30-48(56-26-10-18-44-14-2-6-22-52(44)56)40-66(60)63(65(59)39-47)37-38-64-67-41-49(57-27-11-19-45-15-3-7-23-53(45)57)31-35-61(67)62-36-32-50(42-68(62)64)58-28-12-20-46-16-4-8-24-54(46)58/h1-36,39-42,63-64H,37-38H2. The van der Waals surface area contributed by atoms with E-state index < -0.39 is 0 Å². The van der Waals surface area contributed by atoms with Crippen LogP contribution < -0.4 is 0 Å². The summed E-state index contributed by atoms with van der Waals surface area (Å²) in [6, 6.07) is 91.4. The highest BCUT2D eigenvalue weighted by atomic mass is 14.4. The third-order valence-electron chi connectivity index (χ3n) is 15.4. The Hall–Kier alpha value is -8.32. The smallest absolute Gasteiger partial charge is 0.0102 e. The number of hydrogen-bond donors (Lipinski definition) is 0. The van der Waals surface area contributed by atoms with Gasteiger partial charge in [0, 0.05) is 11.8 Å². The summed E-state index contributed by atoms with van der Waals surface area (Å²) in [5.41, 5.74) is 21.5. The fraction of sp³-hybridized carbons (Fsp3) is 0.0588. The zero-order valence-corrected chi connectivity index (χ0v) is 37.7. The van der Waals surface area contributed by atoms with Crippen LogP contribution in [0.5, 0.6) is 0 Å². The van der Waals surface area contributed by atoms with Crippen molar-refractivity contribution in [2.24, 2.45) is 0 Å². The van der Waals surface area contributed by atoms with E-state index in [4.69, 9.17) is 0 Å². The molecule has 14 rings (SSSR count). The maximum Gasteiger partial charge on any atom is 0.0102 e. The van der Waals surface area contributed by atoms with E-state index in [0.717, 1.165) is 12.8 Å². The fourth-order valence-corrected chi connectivity index (χ4v) is 12.3. The molecule has 68 heavy (non-hydrogen) atoms. The van der Waals surface area contributed by atoms with Gasteiger partial charge in [0.1, 0.15) is 0 Å². The molecule has 0 saturated heterocycles. The molecular formula is C68H46. The molecular weight excluding hydrogens is 817 g/mol. The van der Waals surface area contributed by atoms with E-state index >= 15 is 0 Å². The third kappa shape index (κ3) is 6.21. The average molecular weight is 863 g/mol. The van der Waals surface area contributed by atoms with Crippen molar-refractivity contribution in [3.05, 3.63) is 265 Å². The quantitative estimate of drug-likeness (QED) is 0.150. The van der Waals surface area contributed by atoms with Crippen molar-refractivity contribution in [1.29, 1.82) is 0 Å². The SMILES string of the molecule is c1ccc2c(-c3ccc4c(c3)C(CCC3c5cc(-c6cccc7ccccc67)ccc5-c5ccc(-c6cccc7ccccc67)cc53)c3cc(-c5cccc6ccccc56)ccc3-4)cccc2c1. The summed E-state index contributed by atoms with van der Waals surface area (Å²) in [5.74, 6) is 0.444. The lowest BCUT2D eigenvalue weighted by Crippen LogP contribution is -2.04. The maximum absolute atomic E-state index is 2.53. The lowest BCUT2D eigenvalue weighted by Gasteiger charge is -2.21. The van der Waals surface area contributed by atoms with Crippen LogP contribution in [0.25, 0.3) is 110 Å². The van der Waals surface area contributed by atoms with Crippen LogP contribution in [0, 0.1) is 0 Å². The predicted molar refractivity (Wildman–Crippen MR) is 288 cm³/mol. The predicted octanol–water partition coefficient (Wildman–Crippen LogP) is 18.7. The molecule has 0 unspecified atom stereocenters. The van der Waals surface area contributed by atoms with Crippen LogP contribution in [0.15, 0.2) is 243 Å². The van der Waals surface area contributed by atoms with Crippen molar-refractivity contribution in [3.8, 4) is 66.8 Å². The Labute approximate surface area is 397 Å². The molecule has 12 aromatic carbocycles. The van der Waals surface area contributed by atoms with Crippen LogP contribution in [-0.4, -0.2) is 0 Å². The zero-order chi connectivity index (χ0) is 44.7. The van der Waals surface area contributed by atoms with Gasteiger partial charge >= 0.3 is 0 Å². The molecule has 2 aliphatic carbocycles. The fourth-order valence-electron chi connectivity index (χ4n) is 12.3. The molecule has 0 amide bonds. The highest BCUT2D eigenvalue weighted by molar-refractivity contribution is 6.01. The molecule has 0 aromatic heterocycles. The van der Waals surface area contributed by atoms with Gasteiger partial charge in [0.25, 0.3) is 0 Å². The van der Waals surface area contributed by atoms with Crippen molar-refractivity contribution in [2.45, 2.75) is 24.7 Å². The van der Waals surface area contributed by atoms with Gasteiger partial charge < -0.3 is 0 Å². The van der Waals surface area contributed by atoms with E-state index in [9.17, 15) is 0 Å². The molecule has 0 fully saturated rings. The molecule has 0 saturated carbocycles. The Morgan fingerprint density at radius 3 is 0.706 bits per heavy atom. The van der Waals surface area contributed by atoms with E-state index in [-0.39, 0.29) is 11.8 Å². The van der Waals surface area contributed by atoms with E-state index in [1.807, 2.05) is 0 Å². The van der Waals surface area contributed by atoms with Gasteiger partial charge in [-0.15, -0.1) is 0 Å². The molecule has 0 radical (unpaired) electrons. The van der Waals surface area contributed by atoms with Gasteiger partial charge in [0.05, 0.1) is 0 Å². The first-order chi connectivity index (χ1) is 33.7. The molecule has 0 atom stereocenters. The Bertz CT molecular complexity index is 3460. The number of rotatable bonds is 7. The Morgan fingerprint density at radius 1 is 0.206 bits per heavy atom. The van der Waals surface area contributed by atoms with E-state index in [1.165, 1.54) is 132 Å². The molecule has 0 bridgehead atoms. The average Bonchev–Trinajstić information content (AvgIpc) is 3.89. The summed E-state index contributed by atoms with van der Waals surface area (Å²) in [7, 11) is 0. The summed E-state index contributed by atoms with van der Waals surface area (Å²) in [6.45, 7) is 0. The van der Waals surface area contributed by atoms with Gasteiger partial charge in [-0.1, -0.05) is 218 Å². The minimum atomic E-state index is 0.222. The second kappa shape index (κ2) is 15.7. The molecule has 0 heteroatoms. The van der Waals surface area contributed by atoms with Crippen LogP contribution in [0.1, 0.15) is 46.9 Å². The molecule has 0 spiro atoms. The van der Waals surface area contributed by atoms with Gasteiger partial charge in [-0.2, -0.15) is 0 Å². The summed E-state index contributed by atoms with van der Waals surface area (Å²) >= 11 is 0. The largest absolute Gasteiger partial charge is 0.0616 e.